The van der Waals surface area contributed by atoms with E-state index in [-0.39, 0.29) is 23.0 Å². The van der Waals surface area contributed by atoms with Gasteiger partial charge in [0.05, 0.1) is 0 Å². The zero-order chi connectivity index (χ0) is 15.6. The second kappa shape index (κ2) is 6.31. The normalized spacial score (nSPS) is 14.0. The first kappa shape index (κ1) is 15.6. The van der Waals surface area contributed by atoms with E-state index < -0.39 is 17.7 Å². The second-order valence-electron chi connectivity index (χ2n) is 5.25. The van der Waals surface area contributed by atoms with Crippen LogP contribution in [-0.4, -0.2) is 0 Å². The Morgan fingerprint density at radius 1 is 0.810 bits per heavy atom. The van der Waals surface area contributed by atoms with Crippen molar-refractivity contribution < 1.29 is 13.2 Å². The van der Waals surface area contributed by atoms with E-state index in [1.807, 2.05) is 0 Å². The van der Waals surface area contributed by atoms with Crippen LogP contribution in [0.4, 0.5) is 13.2 Å². The van der Waals surface area contributed by atoms with Gasteiger partial charge in [0, 0.05) is 23.2 Å². The summed E-state index contributed by atoms with van der Waals surface area (Å²) >= 11 is 0. The minimum absolute atomic E-state index is 0.237. The predicted octanol–water partition coefficient (Wildman–Crippen LogP) is 4.82. The van der Waals surface area contributed by atoms with Crippen molar-refractivity contribution in [1.29, 1.82) is 0 Å². The molecule has 0 saturated heterocycles. The summed E-state index contributed by atoms with van der Waals surface area (Å²) in [6, 6.07) is 8.03. The van der Waals surface area contributed by atoms with Crippen LogP contribution in [0.1, 0.15) is 42.6 Å². The summed E-state index contributed by atoms with van der Waals surface area (Å²) < 4.78 is 41.2. The summed E-state index contributed by atoms with van der Waals surface area (Å²) in [6.07, 6.45) is 0. The van der Waals surface area contributed by atoms with Crippen molar-refractivity contribution in [3.8, 4) is 0 Å². The Hall–Kier alpha value is -1.81. The van der Waals surface area contributed by atoms with Crippen molar-refractivity contribution in [3.05, 3.63) is 70.5 Å². The van der Waals surface area contributed by atoms with Crippen molar-refractivity contribution >= 4 is 0 Å². The average Bonchev–Trinajstić information content (AvgIpc) is 2.43. The molecule has 2 aromatic rings. The highest BCUT2D eigenvalue weighted by Crippen LogP contribution is 2.24. The van der Waals surface area contributed by atoms with Crippen LogP contribution < -0.4 is 5.32 Å². The average molecular weight is 293 g/mol. The molecular weight excluding hydrogens is 275 g/mol. The minimum atomic E-state index is -0.463. The standard InChI is InChI=1S/C17H18F3N/c1-10-8-17(20)14(9-16(10)19)12(3)21-11(2)13-6-4-5-7-15(13)18/h4-9,11-12,21H,1-3H3/t11-,12?/m1/s1. The summed E-state index contributed by atoms with van der Waals surface area (Å²) in [5, 5.41) is 3.09. The van der Waals surface area contributed by atoms with Gasteiger partial charge in [-0.15, -0.1) is 0 Å². The highest BCUT2D eigenvalue weighted by atomic mass is 19.1. The molecule has 2 rings (SSSR count). The Labute approximate surface area is 122 Å². The van der Waals surface area contributed by atoms with Crippen molar-refractivity contribution in [1.82, 2.24) is 5.32 Å². The fourth-order valence-corrected chi connectivity index (χ4v) is 2.37. The van der Waals surface area contributed by atoms with Gasteiger partial charge in [-0.1, -0.05) is 18.2 Å². The van der Waals surface area contributed by atoms with Gasteiger partial charge < -0.3 is 5.32 Å². The van der Waals surface area contributed by atoms with Gasteiger partial charge in [0.25, 0.3) is 0 Å². The maximum absolute atomic E-state index is 13.9. The molecule has 0 fully saturated rings. The van der Waals surface area contributed by atoms with E-state index >= 15 is 0 Å². The number of hydrogen-bond acceptors (Lipinski definition) is 1. The number of benzene rings is 2. The molecule has 0 aliphatic carbocycles. The zero-order valence-corrected chi connectivity index (χ0v) is 12.3. The predicted molar refractivity (Wildman–Crippen MR) is 77.5 cm³/mol. The zero-order valence-electron chi connectivity index (χ0n) is 12.3. The first-order chi connectivity index (χ1) is 9.90. The van der Waals surface area contributed by atoms with E-state index in [0.29, 0.717) is 5.56 Å². The Balaban J connectivity index is 2.20. The monoisotopic (exact) mass is 293 g/mol. The molecule has 0 amide bonds. The summed E-state index contributed by atoms with van der Waals surface area (Å²) in [5.41, 5.74) is 1.00. The lowest BCUT2D eigenvalue weighted by Gasteiger charge is -2.22. The fraction of sp³-hybridized carbons (Fsp3) is 0.294. The quantitative estimate of drug-likeness (QED) is 0.852. The summed E-state index contributed by atoms with van der Waals surface area (Å²) in [5.74, 6) is -1.23. The summed E-state index contributed by atoms with van der Waals surface area (Å²) in [7, 11) is 0. The van der Waals surface area contributed by atoms with E-state index in [1.165, 1.54) is 25.1 Å². The third-order valence-electron chi connectivity index (χ3n) is 3.62. The topological polar surface area (TPSA) is 12.0 Å². The number of aryl methyl sites for hydroxylation is 1. The Bertz CT molecular complexity index is 640. The van der Waals surface area contributed by atoms with Crippen LogP contribution in [-0.2, 0) is 0 Å². The van der Waals surface area contributed by atoms with E-state index in [4.69, 9.17) is 0 Å². The van der Waals surface area contributed by atoms with Crippen LogP contribution in [0.5, 0.6) is 0 Å². The van der Waals surface area contributed by atoms with Crippen molar-refractivity contribution in [2.45, 2.75) is 32.9 Å². The summed E-state index contributed by atoms with van der Waals surface area (Å²) in [6.45, 7) is 5.03. The van der Waals surface area contributed by atoms with E-state index in [1.54, 1.807) is 32.0 Å². The van der Waals surface area contributed by atoms with Crippen LogP contribution in [0.3, 0.4) is 0 Å². The lowest BCUT2D eigenvalue weighted by molar-refractivity contribution is 0.455. The van der Waals surface area contributed by atoms with Gasteiger partial charge in [-0.25, -0.2) is 13.2 Å². The highest BCUT2D eigenvalue weighted by Gasteiger charge is 2.18. The van der Waals surface area contributed by atoms with Crippen LogP contribution >= 0.6 is 0 Å². The first-order valence-electron chi connectivity index (χ1n) is 6.86. The lowest BCUT2D eigenvalue weighted by Crippen LogP contribution is -2.24. The highest BCUT2D eigenvalue weighted by molar-refractivity contribution is 5.28. The lowest BCUT2D eigenvalue weighted by atomic mass is 10.0. The smallest absolute Gasteiger partial charge is 0.128 e. The molecule has 0 bridgehead atoms. The first-order valence-corrected chi connectivity index (χ1v) is 6.86. The molecule has 112 valence electrons. The minimum Gasteiger partial charge on any atom is -0.303 e. The van der Waals surface area contributed by atoms with Crippen LogP contribution in [0.15, 0.2) is 36.4 Å². The van der Waals surface area contributed by atoms with Gasteiger partial charge in [0.2, 0.25) is 0 Å². The Morgan fingerprint density at radius 3 is 2.10 bits per heavy atom. The molecule has 1 N–H and O–H groups in total. The molecule has 0 radical (unpaired) electrons. The molecule has 0 heterocycles. The molecule has 1 nitrogen and oxygen atoms in total. The fourth-order valence-electron chi connectivity index (χ4n) is 2.37. The van der Waals surface area contributed by atoms with Crippen LogP contribution in [0, 0.1) is 24.4 Å². The largest absolute Gasteiger partial charge is 0.303 e. The maximum Gasteiger partial charge on any atom is 0.128 e. The molecule has 0 aliphatic heterocycles. The molecular formula is C17H18F3N. The number of nitrogens with one attached hydrogen (secondary N) is 1. The second-order valence-corrected chi connectivity index (χ2v) is 5.25. The Morgan fingerprint density at radius 2 is 1.43 bits per heavy atom. The molecule has 2 aromatic carbocycles. The molecule has 21 heavy (non-hydrogen) atoms. The third-order valence-corrected chi connectivity index (χ3v) is 3.62. The van der Waals surface area contributed by atoms with E-state index in [2.05, 4.69) is 5.32 Å². The van der Waals surface area contributed by atoms with Crippen molar-refractivity contribution in [2.75, 3.05) is 0 Å². The molecule has 0 aromatic heterocycles. The molecule has 4 heteroatoms. The van der Waals surface area contributed by atoms with E-state index in [9.17, 15) is 13.2 Å². The Kier molecular flexibility index (Phi) is 4.68. The van der Waals surface area contributed by atoms with Crippen LogP contribution in [0.2, 0.25) is 0 Å². The maximum atomic E-state index is 13.9. The van der Waals surface area contributed by atoms with Crippen molar-refractivity contribution in [2.24, 2.45) is 0 Å². The van der Waals surface area contributed by atoms with Gasteiger partial charge in [-0.2, -0.15) is 0 Å². The molecule has 0 saturated carbocycles. The van der Waals surface area contributed by atoms with Crippen molar-refractivity contribution in [3.63, 3.8) is 0 Å². The van der Waals surface area contributed by atoms with Gasteiger partial charge in [-0.05, 0) is 44.5 Å². The van der Waals surface area contributed by atoms with Crippen LogP contribution in [0.25, 0.3) is 0 Å². The van der Waals surface area contributed by atoms with Gasteiger partial charge in [-0.3, -0.25) is 0 Å². The molecule has 2 atom stereocenters. The molecule has 0 spiro atoms. The number of hydrogen-bond donors (Lipinski definition) is 1. The van der Waals surface area contributed by atoms with E-state index in [0.717, 1.165) is 0 Å². The third kappa shape index (κ3) is 3.45. The van der Waals surface area contributed by atoms with Gasteiger partial charge in [0.1, 0.15) is 17.5 Å². The summed E-state index contributed by atoms with van der Waals surface area (Å²) in [4.78, 5) is 0. The number of halogens is 3. The molecule has 0 aliphatic rings. The van der Waals surface area contributed by atoms with Gasteiger partial charge >= 0.3 is 0 Å². The van der Waals surface area contributed by atoms with Gasteiger partial charge in [0.15, 0.2) is 0 Å². The number of rotatable bonds is 4. The SMILES string of the molecule is Cc1cc(F)c(C(C)N[C@H](C)c2ccccc2F)cc1F. The molecule has 1 unspecified atom stereocenters.